The zero-order chi connectivity index (χ0) is 11.4. The fourth-order valence-electron chi connectivity index (χ4n) is 1.11. The number of aromatic hydroxyl groups is 1. The van der Waals surface area contributed by atoms with Crippen molar-refractivity contribution < 1.29 is 19.4 Å². The predicted molar refractivity (Wildman–Crippen MR) is 54.7 cm³/mol. The molecular weight excluding hydrogens is 196 g/mol. The standard InChI is InChI=1S/C11H14O4/c1-7-9(5-4-6-10(7)12)11(13)15-8(2)14-3/h4-6,8,12H,1-3H3. The second kappa shape index (κ2) is 4.79. The lowest BCUT2D eigenvalue weighted by atomic mass is 10.1. The van der Waals surface area contributed by atoms with Crippen LogP contribution in [0.3, 0.4) is 0 Å². The average molecular weight is 210 g/mol. The van der Waals surface area contributed by atoms with E-state index in [9.17, 15) is 9.90 Å². The highest BCUT2D eigenvalue weighted by molar-refractivity contribution is 5.91. The molecule has 1 aromatic carbocycles. The van der Waals surface area contributed by atoms with Crippen LogP contribution >= 0.6 is 0 Å². The van der Waals surface area contributed by atoms with Crippen LogP contribution in [0.1, 0.15) is 22.8 Å². The van der Waals surface area contributed by atoms with Crippen LogP contribution in [0.2, 0.25) is 0 Å². The number of methoxy groups -OCH3 is 1. The topological polar surface area (TPSA) is 55.8 Å². The van der Waals surface area contributed by atoms with E-state index in [2.05, 4.69) is 0 Å². The highest BCUT2D eigenvalue weighted by Crippen LogP contribution is 2.20. The zero-order valence-electron chi connectivity index (χ0n) is 8.98. The number of carbonyl (C=O) groups excluding carboxylic acids is 1. The summed E-state index contributed by atoms with van der Waals surface area (Å²) < 4.78 is 9.76. The second-order valence-electron chi connectivity index (χ2n) is 3.16. The number of rotatable bonds is 3. The quantitative estimate of drug-likeness (QED) is 0.611. The van der Waals surface area contributed by atoms with Gasteiger partial charge in [0, 0.05) is 12.7 Å². The first-order valence-corrected chi connectivity index (χ1v) is 4.58. The summed E-state index contributed by atoms with van der Waals surface area (Å²) in [5.41, 5.74) is 0.852. The summed E-state index contributed by atoms with van der Waals surface area (Å²) in [5.74, 6) is -0.424. The largest absolute Gasteiger partial charge is 0.508 e. The Morgan fingerprint density at radius 3 is 2.73 bits per heavy atom. The van der Waals surface area contributed by atoms with Crippen molar-refractivity contribution >= 4 is 5.97 Å². The van der Waals surface area contributed by atoms with Gasteiger partial charge in [-0.2, -0.15) is 0 Å². The lowest BCUT2D eigenvalue weighted by molar-refractivity contribution is -0.0773. The Morgan fingerprint density at radius 2 is 2.13 bits per heavy atom. The van der Waals surface area contributed by atoms with E-state index in [0.717, 1.165) is 0 Å². The van der Waals surface area contributed by atoms with E-state index >= 15 is 0 Å². The van der Waals surface area contributed by atoms with Crippen LogP contribution in [0.25, 0.3) is 0 Å². The molecule has 0 radical (unpaired) electrons. The van der Waals surface area contributed by atoms with Gasteiger partial charge in [0.2, 0.25) is 0 Å². The van der Waals surface area contributed by atoms with Crippen LogP contribution in [0.4, 0.5) is 0 Å². The number of carbonyl (C=O) groups is 1. The molecule has 0 aliphatic heterocycles. The number of phenols is 1. The highest BCUT2D eigenvalue weighted by atomic mass is 16.7. The first kappa shape index (κ1) is 11.5. The van der Waals surface area contributed by atoms with E-state index in [1.165, 1.54) is 13.2 Å². The molecule has 0 aliphatic rings. The molecule has 0 bridgehead atoms. The minimum atomic E-state index is -0.598. The van der Waals surface area contributed by atoms with Crippen molar-refractivity contribution in [2.24, 2.45) is 0 Å². The lowest BCUT2D eigenvalue weighted by Gasteiger charge is -2.12. The number of hydrogen-bond acceptors (Lipinski definition) is 4. The molecule has 0 saturated heterocycles. The van der Waals surface area contributed by atoms with Gasteiger partial charge in [-0.3, -0.25) is 0 Å². The fraction of sp³-hybridized carbons (Fsp3) is 0.364. The minimum Gasteiger partial charge on any atom is -0.508 e. The highest BCUT2D eigenvalue weighted by Gasteiger charge is 2.15. The van der Waals surface area contributed by atoms with Gasteiger partial charge >= 0.3 is 5.97 Å². The van der Waals surface area contributed by atoms with E-state index in [4.69, 9.17) is 9.47 Å². The molecule has 1 aromatic rings. The fourth-order valence-corrected chi connectivity index (χ4v) is 1.11. The molecule has 0 amide bonds. The van der Waals surface area contributed by atoms with Crippen molar-refractivity contribution in [3.8, 4) is 5.75 Å². The van der Waals surface area contributed by atoms with Gasteiger partial charge in [-0.1, -0.05) is 6.07 Å². The summed E-state index contributed by atoms with van der Waals surface area (Å²) in [6.45, 7) is 3.28. The van der Waals surface area contributed by atoms with Crippen molar-refractivity contribution in [1.29, 1.82) is 0 Å². The van der Waals surface area contributed by atoms with E-state index in [1.54, 1.807) is 26.0 Å². The van der Waals surface area contributed by atoms with Gasteiger partial charge in [0.15, 0.2) is 6.29 Å². The first-order chi connectivity index (χ1) is 7.06. The van der Waals surface area contributed by atoms with E-state index in [1.807, 2.05) is 0 Å². The number of hydrogen-bond donors (Lipinski definition) is 1. The molecule has 0 spiro atoms. The van der Waals surface area contributed by atoms with Crippen LogP contribution in [0.5, 0.6) is 5.75 Å². The SMILES string of the molecule is COC(C)OC(=O)c1cccc(O)c1C. The average Bonchev–Trinajstić information content (AvgIpc) is 2.21. The molecule has 1 unspecified atom stereocenters. The Balaban J connectivity index is 2.87. The number of ether oxygens (including phenoxy) is 2. The number of esters is 1. The van der Waals surface area contributed by atoms with Crippen LogP contribution in [-0.2, 0) is 9.47 Å². The summed E-state index contributed by atoms with van der Waals surface area (Å²) in [7, 11) is 1.45. The third-order valence-corrected chi connectivity index (χ3v) is 2.13. The minimum absolute atomic E-state index is 0.0783. The Hall–Kier alpha value is -1.55. The molecule has 1 N–H and O–H groups in total. The summed E-state index contributed by atoms with van der Waals surface area (Å²) in [5, 5.41) is 9.40. The Bertz CT molecular complexity index is 360. The van der Waals surface area contributed by atoms with Crippen LogP contribution in [0, 0.1) is 6.92 Å². The molecule has 82 valence electrons. The van der Waals surface area contributed by atoms with E-state index in [-0.39, 0.29) is 5.75 Å². The molecule has 0 aromatic heterocycles. The van der Waals surface area contributed by atoms with Gasteiger partial charge in [-0.05, 0) is 26.0 Å². The maximum atomic E-state index is 11.6. The smallest absolute Gasteiger partial charge is 0.340 e. The molecule has 4 nitrogen and oxygen atoms in total. The van der Waals surface area contributed by atoms with E-state index in [0.29, 0.717) is 11.1 Å². The van der Waals surface area contributed by atoms with Crippen molar-refractivity contribution in [3.05, 3.63) is 29.3 Å². The monoisotopic (exact) mass is 210 g/mol. The summed E-state index contributed by atoms with van der Waals surface area (Å²) in [6.07, 6.45) is -0.598. The third kappa shape index (κ3) is 2.70. The van der Waals surface area contributed by atoms with Crippen molar-refractivity contribution in [2.45, 2.75) is 20.1 Å². The Labute approximate surface area is 88.4 Å². The number of benzene rings is 1. The van der Waals surface area contributed by atoms with Crippen molar-refractivity contribution in [1.82, 2.24) is 0 Å². The van der Waals surface area contributed by atoms with Gasteiger partial charge in [0.1, 0.15) is 5.75 Å². The Morgan fingerprint density at radius 1 is 1.47 bits per heavy atom. The van der Waals surface area contributed by atoms with Crippen LogP contribution in [-0.4, -0.2) is 24.5 Å². The summed E-state index contributed by atoms with van der Waals surface area (Å²) in [4.78, 5) is 11.6. The maximum Gasteiger partial charge on any atom is 0.340 e. The van der Waals surface area contributed by atoms with Crippen LogP contribution in [0.15, 0.2) is 18.2 Å². The molecule has 4 heteroatoms. The molecule has 15 heavy (non-hydrogen) atoms. The van der Waals surface area contributed by atoms with Gasteiger partial charge < -0.3 is 14.6 Å². The lowest BCUT2D eigenvalue weighted by Crippen LogP contribution is -2.17. The summed E-state index contributed by atoms with van der Waals surface area (Å²) >= 11 is 0. The van der Waals surface area contributed by atoms with Gasteiger partial charge in [0.25, 0.3) is 0 Å². The third-order valence-electron chi connectivity index (χ3n) is 2.13. The molecule has 1 rings (SSSR count). The zero-order valence-corrected chi connectivity index (χ0v) is 8.98. The molecule has 0 heterocycles. The van der Waals surface area contributed by atoms with Crippen LogP contribution < -0.4 is 0 Å². The normalized spacial score (nSPS) is 12.2. The van der Waals surface area contributed by atoms with Gasteiger partial charge in [-0.15, -0.1) is 0 Å². The molecule has 1 atom stereocenters. The molecule has 0 aliphatic carbocycles. The number of phenolic OH excluding ortho intramolecular Hbond substituents is 1. The predicted octanol–water partition coefficient (Wildman–Crippen LogP) is 1.85. The molecule has 0 saturated carbocycles. The maximum absolute atomic E-state index is 11.6. The van der Waals surface area contributed by atoms with Gasteiger partial charge in [0.05, 0.1) is 5.56 Å². The Kier molecular flexibility index (Phi) is 3.68. The van der Waals surface area contributed by atoms with E-state index < -0.39 is 12.3 Å². The molecular formula is C11H14O4. The van der Waals surface area contributed by atoms with Gasteiger partial charge in [-0.25, -0.2) is 4.79 Å². The first-order valence-electron chi connectivity index (χ1n) is 4.58. The second-order valence-corrected chi connectivity index (χ2v) is 3.16. The summed E-state index contributed by atoms with van der Waals surface area (Å²) in [6, 6.07) is 4.71. The van der Waals surface area contributed by atoms with Crippen molar-refractivity contribution in [2.75, 3.05) is 7.11 Å². The van der Waals surface area contributed by atoms with Crippen molar-refractivity contribution in [3.63, 3.8) is 0 Å². The molecule has 0 fully saturated rings.